The number of hydrogen-bond acceptors (Lipinski definition) is 2. The van der Waals surface area contributed by atoms with Crippen LogP contribution in [0.1, 0.15) is 16.7 Å². The fraction of sp³-hybridized carbons (Fsp3) is 0.0233. The molecule has 2 heterocycles. The summed E-state index contributed by atoms with van der Waals surface area (Å²) in [5, 5.41) is 22.3. The molecule has 0 saturated carbocycles. The molecule has 0 saturated heterocycles. The molecule has 8 rings (SSSR count). The summed E-state index contributed by atoms with van der Waals surface area (Å²) in [4.78, 5) is 14.6. The molecule has 11 heteroatoms. The lowest BCUT2D eigenvalue weighted by atomic mass is 9.95. The highest BCUT2D eigenvalue weighted by Crippen LogP contribution is 2.47. The summed E-state index contributed by atoms with van der Waals surface area (Å²) in [6, 6.07) is 30.5. The van der Waals surface area contributed by atoms with Gasteiger partial charge in [0.2, 0.25) is 0 Å². The Morgan fingerprint density at radius 2 is 0.907 bits per heavy atom. The van der Waals surface area contributed by atoms with E-state index in [0.717, 1.165) is 16.8 Å². The van der Waals surface area contributed by atoms with E-state index in [1.165, 1.54) is 24.3 Å². The maximum absolute atomic E-state index is 14.7. The van der Waals surface area contributed by atoms with Crippen LogP contribution in [-0.2, 0) is 6.18 Å². The Balaban J connectivity index is 1.64. The molecule has 0 amide bonds. The fourth-order valence-corrected chi connectivity index (χ4v) is 7.11. The molecule has 0 fully saturated rings. The summed E-state index contributed by atoms with van der Waals surface area (Å²) in [6.07, 6.45) is -4.89. The summed E-state index contributed by atoms with van der Waals surface area (Å²) < 4.78 is 47.8. The third-order valence-electron chi connectivity index (χ3n) is 9.44. The molecule has 0 unspecified atom stereocenters. The van der Waals surface area contributed by atoms with Crippen LogP contribution in [0.15, 0.2) is 103 Å². The van der Waals surface area contributed by atoms with Crippen LogP contribution in [0.25, 0.3) is 85.5 Å². The Bertz CT molecular complexity index is 3090. The van der Waals surface area contributed by atoms with Gasteiger partial charge in [-0.25, -0.2) is 19.4 Å². The van der Waals surface area contributed by atoms with E-state index in [1.807, 2.05) is 0 Å². The number of nitrogens with zero attached hydrogens (tertiary/aromatic N) is 8. The molecule has 0 atom stereocenters. The van der Waals surface area contributed by atoms with Crippen molar-refractivity contribution in [1.29, 1.82) is 10.5 Å². The summed E-state index contributed by atoms with van der Waals surface area (Å²) >= 11 is 0. The minimum atomic E-state index is -4.89. The first-order valence-corrected chi connectivity index (χ1v) is 16.0. The number of rotatable bonds is 3. The van der Waals surface area contributed by atoms with Crippen LogP contribution in [0.3, 0.4) is 0 Å². The van der Waals surface area contributed by atoms with Crippen molar-refractivity contribution in [2.24, 2.45) is 0 Å². The van der Waals surface area contributed by atoms with Gasteiger partial charge < -0.3 is 9.13 Å². The van der Waals surface area contributed by atoms with Gasteiger partial charge in [0, 0.05) is 38.1 Å². The molecule has 54 heavy (non-hydrogen) atoms. The normalized spacial score (nSPS) is 11.1. The van der Waals surface area contributed by atoms with Crippen LogP contribution >= 0.6 is 0 Å². The molecule has 0 spiro atoms. The van der Waals surface area contributed by atoms with E-state index >= 15 is 0 Å². The number of fused-ring (bicyclic) bond motifs is 6. The van der Waals surface area contributed by atoms with Crippen LogP contribution in [0.4, 0.5) is 35.9 Å². The van der Waals surface area contributed by atoms with E-state index in [1.54, 1.807) is 88.0 Å². The molecular formula is C43H17F3N8. The van der Waals surface area contributed by atoms with Crippen LogP contribution in [0.5, 0.6) is 0 Å². The van der Waals surface area contributed by atoms with E-state index in [0.29, 0.717) is 61.2 Å². The second-order valence-electron chi connectivity index (χ2n) is 12.3. The summed E-state index contributed by atoms with van der Waals surface area (Å²) in [5.74, 6) is 0. The quantitative estimate of drug-likeness (QED) is 0.172. The Hall–Kier alpha value is -8.35. The number of aromatic nitrogens is 2. The van der Waals surface area contributed by atoms with Crippen LogP contribution in [0.2, 0.25) is 0 Å². The van der Waals surface area contributed by atoms with Crippen molar-refractivity contribution in [2.75, 3.05) is 0 Å². The van der Waals surface area contributed by atoms with Crippen molar-refractivity contribution in [2.45, 2.75) is 6.18 Å². The summed E-state index contributed by atoms with van der Waals surface area (Å²) in [5.41, 5.74) is 2.09. The van der Waals surface area contributed by atoms with Gasteiger partial charge in [-0.05, 0) is 65.7 Å². The number of hydrogen-bond donors (Lipinski definition) is 0. The molecule has 0 N–H and O–H groups in total. The predicted molar refractivity (Wildman–Crippen MR) is 200 cm³/mol. The first-order chi connectivity index (χ1) is 26.1. The second-order valence-corrected chi connectivity index (χ2v) is 12.3. The van der Waals surface area contributed by atoms with Gasteiger partial charge in [-0.2, -0.15) is 23.7 Å². The van der Waals surface area contributed by atoms with E-state index in [2.05, 4.69) is 25.4 Å². The van der Waals surface area contributed by atoms with Crippen molar-refractivity contribution < 1.29 is 13.2 Å². The topological polar surface area (TPSA) is 74.9 Å². The SMILES string of the molecule is [C-]#[N+]c1ccc2c3ccc(C#N)cc3n(-c3cc([N+]#[C-])c(-c4ccc(C#N)cc4C(F)(F)F)cc3-n3c4cc([N+]#[C-])ccc4c4ccc([N+]#[C-])cc43)c2c1. The molecule has 0 aliphatic heterocycles. The minimum Gasteiger partial charge on any atom is -0.310 e. The number of alkyl halides is 3. The van der Waals surface area contributed by atoms with Gasteiger partial charge in [0.05, 0.1) is 72.0 Å². The van der Waals surface area contributed by atoms with Gasteiger partial charge in [0.25, 0.3) is 0 Å². The molecule has 250 valence electrons. The van der Waals surface area contributed by atoms with Crippen LogP contribution in [0, 0.1) is 49.0 Å². The third-order valence-corrected chi connectivity index (χ3v) is 9.44. The maximum atomic E-state index is 14.7. The Morgan fingerprint density at radius 3 is 1.35 bits per heavy atom. The molecule has 0 aliphatic carbocycles. The highest BCUT2D eigenvalue weighted by Gasteiger charge is 2.35. The lowest BCUT2D eigenvalue weighted by Gasteiger charge is -2.21. The van der Waals surface area contributed by atoms with Gasteiger partial charge in [-0.1, -0.05) is 48.5 Å². The lowest BCUT2D eigenvalue weighted by Crippen LogP contribution is -2.09. The van der Waals surface area contributed by atoms with E-state index in [9.17, 15) is 23.7 Å². The third kappa shape index (κ3) is 4.95. The Labute approximate surface area is 304 Å². The van der Waals surface area contributed by atoms with Crippen molar-refractivity contribution in [1.82, 2.24) is 9.13 Å². The molecule has 8 aromatic rings. The molecule has 0 radical (unpaired) electrons. The smallest absolute Gasteiger partial charge is 0.310 e. The monoisotopic (exact) mass is 702 g/mol. The van der Waals surface area contributed by atoms with Gasteiger partial charge in [0.15, 0.2) is 22.7 Å². The van der Waals surface area contributed by atoms with Crippen LogP contribution in [-0.4, -0.2) is 9.13 Å². The van der Waals surface area contributed by atoms with Gasteiger partial charge in [0.1, 0.15) is 0 Å². The van der Waals surface area contributed by atoms with E-state index in [4.69, 9.17) is 26.3 Å². The molecule has 6 aromatic carbocycles. The molecule has 8 nitrogen and oxygen atoms in total. The molecule has 2 aromatic heterocycles. The van der Waals surface area contributed by atoms with Gasteiger partial charge in [-0.3, -0.25) is 0 Å². The van der Waals surface area contributed by atoms with Crippen molar-refractivity contribution in [3.63, 3.8) is 0 Å². The largest absolute Gasteiger partial charge is 0.417 e. The maximum Gasteiger partial charge on any atom is 0.417 e. The van der Waals surface area contributed by atoms with Crippen molar-refractivity contribution in [3.05, 3.63) is 165 Å². The zero-order chi connectivity index (χ0) is 37.9. The van der Waals surface area contributed by atoms with Crippen molar-refractivity contribution >= 4 is 66.4 Å². The number of nitriles is 2. The summed E-state index contributed by atoms with van der Waals surface area (Å²) in [6.45, 7) is 31.6. The second kappa shape index (κ2) is 12.2. The van der Waals surface area contributed by atoms with Gasteiger partial charge >= 0.3 is 6.18 Å². The molecule has 0 bridgehead atoms. The van der Waals surface area contributed by atoms with Crippen molar-refractivity contribution in [3.8, 4) is 34.6 Å². The molecule has 0 aliphatic rings. The minimum absolute atomic E-state index is 0.0708. The fourth-order valence-electron chi connectivity index (χ4n) is 7.11. The lowest BCUT2D eigenvalue weighted by molar-refractivity contribution is -0.137. The standard InChI is InChI=1S/C43H17F3N8/c1-49-26-7-12-31-30-11-6-25(23-48)16-37(30)53(38(31)17-26)42-21-36(52-4)34(29-10-5-24(22-47)15-35(29)43(44,45)46)20-41(42)54-39-18-27(50-2)8-13-32(39)33-14-9-28(51-3)19-40(33)54/h5-21H. The van der Waals surface area contributed by atoms with E-state index < -0.39 is 11.7 Å². The first-order valence-electron chi connectivity index (χ1n) is 16.0. The predicted octanol–water partition coefficient (Wildman–Crippen LogP) is 12.5. The molecular weight excluding hydrogens is 686 g/mol. The van der Waals surface area contributed by atoms with Gasteiger partial charge in [-0.15, -0.1) is 0 Å². The average molecular weight is 703 g/mol. The number of halogens is 3. The Morgan fingerprint density at radius 1 is 0.481 bits per heavy atom. The average Bonchev–Trinajstić information content (AvgIpc) is 3.70. The highest BCUT2D eigenvalue weighted by molar-refractivity contribution is 6.13. The highest BCUT2D eigenvalue weighted by atomic mass is 19.4. The van der Waals surface area contributed by atoms with Crippen LogP contribution < -0.4 is 0 Å². The first kappa shape index (κ1) is 32.8. The zero-order valence-corrected chi connectivity index (χ0v) is 27.5. The number of benzene rings is 6. The Kier molecular flexibility index (Phi) is 7.39. The van der Waals surface area contributed by atoms with E-state index in [-0.39, 0.29) is 28.1 Å². The summed E-state index contributed by atoms with van der Waals surface area (Å²) in [7, 11) is 0. The zero-order valence-electron chi connectivity index (χ0n) is 27.5.